The highest BCUT2D eigenvalue weighted by molar-refractivity contribution is 6.02. The van der Waals surface area contributed by atoms with E-state index in [0.29, 0.717) is 0 Å². The van der Waals surface area contributed by atoms with Crippen LogP contribution >= 0.6 is 0 Å². The van der Waals surface area contributed by atoms with Gasteiger partial charge in [0.15, 0.2) is 5.78 Å². The first-order chi connectivity index (χ1) is 8.78. The van der Waals surface area contributed by atoms with Gasteiger partial charge in [0.25, 0.3) is 0 Å². The molecular formula is C13H13F4NO. The minimum Gasteiger partial charge on any atom is -0.315 e. The molecule has 0 spiro atoms. The summed E-state index contributed by atoms with van der Waals surface area (Å²) in [5, 5.41) is 2.59. The fraction of sp³-hybridized carbons (Fsp3) is 0.462. The Labute approximate surface area is 107 Å². The summed E-state index contributed by atoms with van der Waals surface area (Å²) in [5.74, 6) is -1.55. The zero-order valence-corrected chi connectivity index (χ0v) is 10.3. The SMILES string of the molecule is Cc1cc(F)ccc1C(=O)C1(C(F)(F)F)CCNC1. The van der Waals surface area contributed by atoms with Crippen LogP contribution in [-0.4, -0.2) is 25.0 Å². The van der Waals surface area contributed by atoms with Gasteiger partial charge < -0.3 is 5.32 Å². The summed E-state index contributed by atoms with van der Waals surface area (Å²) in [6.07, 6.45) is -4.90. The van der Waals surface area contributed by atoms with E-state index in [-0.39, 0.29) is 24.1 Å². The highest BCUT2D eigenvalue weighted by atomic mass is 19.4. The molecular weight excluding hydrogens is 262 g/mol. The lowest BCUT2D eigenvalue weighted by Gasteiger charge is -2.29. The number of hydrogen-bond donors (Lipinski definition) is 1. The summed E-state index contributed by atoms with van der Waals surface area (Å²) in [6, 6.07) is 3.20. The van der Waals surface area contributed by atoms with Crippen molar-refractivity contribution in [1.82, 2.24) is 5.32 Å². The maximum absolute atomic E-state index is 13.2. The van der Waals surface area contributed by atoms with Crippen LogP contribution in [-0.2, 0) is 0 Å². The van der Waals surface area contributed by atoms with Crippen molar-refractivity contribution in [3.05, 3.63) is 35.1 Å². The van der Waals surface area contributed by atoms with Crippen LogP contribution < -0.4 is 5.32 Å². The standard InChI is InChI=1S/C13H13F4NO/c1-8-6-9(14)2-3-10(8)11(19)12(13(15,16)17)4-5-18-7-12/h2-3,6,18H,4-5,7H2,1H3. The molecule has 1 aliphatic heterocycles. The number of Topliss-reactive ketones (excluding diaryl/α,β-unsaturated/α-hetero) is 1. The molecule has 19 heavy (non-hydrogen) atoms. The zero-order valence-electron chi connectivity index (χ0n) is 10.3. The molecule has 1 N–H and O–H groups in total. The summed E-state index contributed by atoms with van der Waals surface area (Å²) in [6.45, 7) is 1.15. The van der Waals surface area contributed by atoms with Crippen LogP contribution in [0.2, 0.25) is 0 Å². The van der Waals surface area contributed by atoms with Gasteiger partial charge >= 0.3 is 6.18 Å². The number of aryl methyl sites for hydroxylation is 1. The average molecular weight is 275 g/mol. The summed E-state index contributed by atoms with van der Waals surface area (Å²) in [4.78, 5) is 12.3. The molecule has 1 aliphatic rings. The first-order valence-corrected chi connectivity index (χ1v) is 5.86. The second-order valence-corrected chi connectivity index (χ2v) is 4.80. The molecule has 104 valence electrons. The Morgan fingerprint density at radius 2 is 2.05 bits per heavy atom. The van der Waals surface area contributed by atoms with E-state index in [1.807, 2.05) is 0 Å². The number of nitrogens with one attached hydrogen (secondary N) is 1. The lowest BCUT2D eigenvalue weighted by atomic mass is 9.78. The van der Waals surface area contributed by atoms with Crippen LogP contribution in [0.5, 0.6) is 0 Å². The molecule has 2 rings (SSSR count). The van der Waals surface area contributed by atoms with Crippen molar-refractivity contribution in [1.29, 1.82) is 0 Å². The molecule has 0 aliphatic carbocycles. The van der Waals surface area contributed by atoms with Crippen molar-refractivity contribution in [3.63, 3.8) is 0 Å². The number of rotatable bonds is 2. The maximum Gasteiger partial charge on any atom is 0.402 e. The lowest BCUT2D eigenvalue weighted by Crippen LogP contribution is -2.47. The lowest BCUT2D eigenvalue weighted by molar-refractivity contribution is -0.197. The van der Waals surface area contributed by atoms with Gasteiger partial charge in [-0.05, 0) is 43.7 Å². The Balaban J connectivity index is 2.46. The van der Waals surface area contributed by atoms with Gasteiger partial charge in [-0.2, -0.15) is 13.2 Å². The van der Waals surface area contributed by atoms with Crippen LogP contribution in [0.25, 0.3) is 0 Å². The highest BCUT2D eigenvalue weighted by Crippen LogP contribution is 2.45. The molecule has 1 heterocycles. The van der Waals surface area contributed by atoms with E-state index >= 15 is 0 Å². The van der Waals surface area contributed by atoms with Crippen LogP contribution in [0.1, 0.15) is 22.3 Å². The third-order valence-corrected chi connectivity index (χ3v) is 3.57. The van der Waals surface area contributed by atoms with Crippen LogP contribution in [0.15, 0.2) is 18.2 Å². The van der Waals surface area contributed by atoms with Crippen molar-refractivity contribution in [2.24, 2.45) is 5.41 Å². The molecule has 2 nitrogen and oxygen atoms in total. The van der Waals surface area contributed by atoms with Gasteiger partial charge in [0.2, 0.25) is 0 Å². The second-order valence-electron chi connectivity index (χ2n) is 4.80. The van der Waals surface area contributed by atoms with Gasteiger partial charge in [-0.1, -0.05) is 0 Å². The zero-order chi connectivity index (χ0) is 14.3. The molecule has 1 aromatic rings. The quantitative estimate of drug-likeness (QED) is 0.664. The van der Waals surface area contributed by atoms with E-state index in [1.165, 1.54) is 6.92 Å². The second kappa shape index (κ2) is 4.59. The topological polar surface area (TPSA) is 29.1 Å². The summed E-state index contributed by atoms with van der Waals surface area (Å²) in [5.41, 5.74) is -2.24. The van der Waals surface area contributed by atoms with Crippen molar-refractivity contribution >= 4 is 5.78 Å². The third kappa shape index (κ3) is 2.25. The predicted molar refractivity (Wildman–Crippen MR) is 61.4 cm³/mol. The summed E-state index contributed by atoms with van der Waals surface area (Å²) in [7, 11) is 0. The van der Waals surface area contributed by atoms with E-state index in [2.05, 4.69) is 5.32 Å². The molecule has 0 saturated carbocycles. The Bertz CT molecular complexity index is 504. The van der Waals surface area contributed by atoms with E-state index in [4.69, 9.17) is 0 Å². The van der Waals surface area contributed by atoms with Gasteiger partial charge in [0.1, 0.15) is 11.2 Å². The number of carbonyl (C=O) groups is 1. The first kappa shape index (κ1) is 14.0. The molecule has 6 heteroatoms. The Morgan fingerprint density at radius 1 is 1.37 bits per heavy atom. The molecule has 0 bridgehead atoms. The van der Waals surface area contributed by atoms with E-state index in [1.54, 1.807) is 0 Å². The van der Waals surface area contributed by atoms with Crippen LogP contribution in [0.3, 0.4) is 0 Å². The minimum atomic E-state index is -4.62. The average Bonchev–Trinajstić information content (AvgIpc) is 2.77. The summed E-state index contributed by atoms with van der Waals surface area (Å²) < 4.78 is 52.7. The number of carbonyl (C=O) groups excluding carboxylic acids is 1. The van der Waals surface area contributed by atoms with Crippen molar-refractivity contribution in [2.45, 2.75) is 19.5 Å². The fourth-order valence-electron chi connectivity index (χ4n) is 2.40. The third-order valence-electron chi connectivity index (χ3n) is 3.57. The Hall–Kier alpha value is -1.43. The van der Waals surface area contributed by atoms with Gasteiger partial charge in [-0.25, -0.2) is 4.39 Å². The number of ketones is 1. The van der Waals surface area contributed by atoms with Gasteiger partial charge in [0, 0.05) is 12.1 Å². The monoisotopic (exact) mass is 275 g/mol. The molecule has 0 radical (unpaired) electrons. The van der Waals surface area contributed by atoms with E-state index < -0.39 is 29.7 Å². The molecule has 1 saturated heterocycles. The number of alkyl halides is 3. The minimum absolute atomic E-state index is 0.0672. The van der Waals surface area contributed by atoms with Gasteiger partial charge in [-0.3, -0.25) is 4.79 Å². The highest BCUT2D eigenvalue weighted by Gasteiger charge is 2.61. The van der Waals surface area contributed by atoms with Crippen molar-refractivity contribution in [3.8, 4) is 0 Å². The summed E-state index contributed by atoms with van der Waals surface area (Å²) >= 11 is 0. The fourth-order valence-corrected chi connectivity index (χ4v) is 2.40. The normalized spacial score (nSPS) is 23.6. The molecule has 0 aromatic heterocycles. The Kier molecular flexibility index (Phi) is 3.38. The Morgan fingerprint density at radius 3 is 2.53 bits per heavy atom. The number of benzene rings is 1. The molecule has 1 aromatic carbocycles. The van der Waals surface area contributed by atoms with Crippen molar-refractivity contribution < 1.29 is 22.4 Å². The van der Waals surface area contributed by atoms with Gasteiger partial charge in [0.05, 0.1) is 0 Å². The smallest absolute Gasteiger partial charge is 0.315 e. The molecule has 1 unspecified atom stereocenters. The molecule has 1 atom stereocenters. The number of halogens is 4. The van der Waals surface area contributed by atoms with Crippen LogP contribution in [0.4, 0.5) is 17.6 Å². The van der Waals surface area contributed by atoms with Crippen LogP contribution in [0, 0.1) is 18.2 Å². The molecule has 0 amide bonds. The van der Waals surface area contributed by atoms with E-state index in [0.717, 1.165) is 18.2 Å². The van der Waals surface area contributed by atoms with Crippen molar-refractivity contribution in [2.75, 3.05) is 13.1 Å². The molecule has 1 fully saturated rings. The van der Waals surface area contributed by atoms with E-state index in [9.17, 15) is 22.4 Å². The van der Waals surface area contributed by atoms with Gasteiger partial charge in [-0.15, -0.1) is 0 Å². The largest absolute Gasteiger partial charge is 0.402 e. The number of hydrogen-bond acceptors (Lipinski definition) is 2. The maximum atomic E-state index is 13.2. The predicted octanol–water partition coefficient (Wildman–Crippen LogP) is 2.86. The first-order valence-electron chi connectivity index (χ1n) is 5.86.